The molecule has 106 valence electrons. The summed E-state index contributed by atoms with van der Waals surface area (Å²) in [6.07, 6.45) is 3.82. The standard InChI is InChI=1S/C15H18BrN3O/c1-2-6-19-15(12(16)9-18-19)14(17)11-3-4-13-10(8-11)5-7-20-13/h3-4,8-9,14H,2,5-7,17H2,1H3. The quantitative estimate of drug-likeness (QED) is 0.934. The summed E-state index contributed by atoms with van der Waals surface area (Å²) in [5.74, 6) is 0.988. The molecule has 0 spiro atoms. The van der Waals surface area contributed by atoms with Crippen molar-refractivity contribution in [1.82, 2.24) is 9.78 Å². The molecular weight excluding hydrogens is 318 g/mol. The lowest BCUT2D eigenvalue weighted by Crippen LogP contribution is -2.18. The maximum atomic E-state index is 6.46. The van der Waals surface area contributed by atoms with Gasteiger partial charge in [0.1, 0.15) is 5.75 Å². The Hall–Kier alpha value is -1.33. The van der Waals surface area contributed by atoms with Crippen LogP contribution in [0, 0.1) is 0 Å². The number of aryl methyl sites for hydroxylation is 1. The molecule has 4 nitrogen and oxygen atoms in total. The number of hydrogen-bond donors (Lipinski definition) is 1. The van der Waals surface area contributed by atoms with Gasteiger partial charge in [0.15, 0.2) is 0 Å². The van der Waals surface area contributed by atoms with Crippen molar-refractivity contribution < 1.29 is 4.74 Å². The van der Waals surface area contributed by atoms with E-state index in [1.807, 2.05) is 23.0 Å². The third-order valence-corrected chi connectivity index (χ3v) is 4.25. The van der Waals surface area contributed by atoms with Crippen LogP contribution in [-0.4, -0.2) is 16.4 Å². The van der Waals surface area contributed by atoms with E-state index in [1.54, 1.807) is 0 Å². The van der Waals surface area contributed by atoms with Crippen LogP contribution in [0.25, 0.3) is 0 Å². The van der Waals surface area contributed by atoms with Gasteiger partial charge in [-0.15, -0.1) is 0 Å². The van der Waals surface area contributed by atoms with E-state index < -0.39 is 0 Å². The predicted octanol–water partition coefficient (Wildman–Crippen LogP) is 3.04. The molecule has 2 aromatic rings. The molecule has 0 saturated carbocycles. The fourth-order valence-electron chi connectivity index (χ4n) is 2.63. The second-order valence-electron chi connectivity index (χ2n) is 5.04. The highest BCUT2D eigenvalue weighted by atomic mass is 79.9. The molecule has 0 amide bonds. The summed E-state index contributed by atoms with van der Waals surface area (Å²) in [4.78, 5) is 0. The normalized spacial score (nSPS) is 14.9. The highest BCUT2D eigenvalue weighted by Gasteiger charge is 2.20. The Bertz CT molecular complexity index is 624. The van der Waals surface area contributed by atoms with Crippen LogP contribution in [0.2, 0.25) is 0 Å². The molecule has 5 heteroatoms. The maximum Gasteiger partial charge on any atom is 0.122 e. The molecular formula is C15H18BrN3O. The number of halogens is 1. The lowest BCUT2D eigenvalue weighted by Gasteiger charge is -2.16. The van der Waals surface area contributed by atoms with E-state index in [4.69, 9.17) is 10.5 Å². The zero-order chi connectivity index (χ0) is 14.1. The molecule has 0 saturated heterocycles. The summed E-state index contributed by atoms with van der Waals surface area (Å²) in [6, 6.07) is 6.04. The Morgan fingerprint density at radius 1 is 1.50 bits per heavy atom. The summed E-state index contributed by atoms with van der Waals surface area (Å²) in [6.45, 7) is 3.78. The van der Waals surface area contributed by atoms with E-state index in [2.05, 4.69) is 34.0 Å². The van der Waals surface area contributed by atoms with Crippen LogP contribution in [0.15, 0.2) is 28.9 Å². The van der Waals surface area contributed by atoms with Crippen molar-refractivity contribution in [2.75, 3.05) is 6.61 Å². The molecule has 0 fully saturated rings. The first-order valence-corrected chi connectivity index (χ1v) is 7.72. The SMILES string of the molecule is CCCn1ncc(Br)c1C(N)c1ccc2c(c1)CCO2. The van der Waals surface area contributed by atoms with Gasteiger partial charge in [0, 0.05) is 13.0 Å². The molecule has 1 atom stereocenters. The van der Waals surface area contributed by atoms with Crippen molar-refractivity contribution >= 4 is 15.9 Å². The minimum absolute atomic E-state index is 0.177. The number of aromatic nitrogens is 2. The van der Waals surface area contributed by atoms with Gasteiger partial charge in [-0.1, -0.05) is 19.1 Å². The number of hydrogen-bond acceptors (Lipinski definition) is 3. The van der Waals surface area contributed by atoms with Gasteiger partial charge in [0.05, 0.1) is 29.0 Å². The van der Waals surface area contributed by atoms with Crippen LogP contribution >= 0.6 is 15.9 Å². The van der Waals surface area contributed by atoms with Gasteiger partial charge in [-0.25, -0.2) is 0 Å². The first-order chi connectivity index (χ1) is 9.70. The molecule has 20 heavy (non-hydrogen) atoms. The Balaban J connectivity index is 1.96. The van der Waals surface area contributed by atoms with Gasteiger partial charge in [-0.2, -0.15) is 5.10 Å². The molecule has 1 aromatic heterocycles. The van der Waals surface area contributed by atoms with Crippen LogP contribution in [0.3, 0.4) is 0 Å². The van der Waals surface area contributed by atoms with E-state index >= 15 is 0 Å². The molecule has 1 aromatic carbocycles. The van der Waals surface area contributed by atoms with E-state index in [-0.39, 0.29) is 6.04 Å². The van der Waals surface area contributed by atoms with Crippen molar-refractivity contribution in [3.63, 3.8) is 0 Å². The lowest BCUT2D eigenvalue weighted by molar-refractivity contribution is 0.357. The number of fused-ring (bicyclic) bond motifs is 1. The van der Waals surface area contributed by atoms with Crippen LogP contribution in [0.1, 0.15) is 36.2 Å². The molecule has 0 aliphatic carbocycles. The number of nitrogens with zero attached hydrogens (tertiary/aromatic N) is 2. The molecule has 2 N–H and O–H groups in total. The summed E-state index contributed by atoms with van der Waals surface area (Å²) in [7, 11) is 0. The van der Waals surface area contributed by atoms with E-state index in [0.717, 1.165) is 47.5 Å². The molecule has 0 bridgehead atoms. The first-order valence-electron chi connectivity index (χ1n) is 6.93. The average molecular weight is 336 g/mol. The first kappa shape index (κ1) is 13.6. The van der Waals surface area contributed by atoms with Gasteiger partial charge in [0.25, 0.3) is 0 Å². The summed E-state index contributed by atoms with van der Waals surface area (Å²) >= 11 is 3.56. The van der Waals surface area contributed by atoms with E-state index in [9.17, 15) is 0 Å². The summed E-state index contributed by atoms with van der Waals surface area (Å²) < 4.78 is 8.49. The van der Waals surface area contributed by atoms with Crippen LogP contribution < -0.4 is 10.5 Å². The van der Waals surface area contributed by atoms with Crippen LogP contribution in [-0.2, 0) is 13.0 Å². The third kappa shape index (κ3) is 2.36. The minimum atomic E-state index is -0.177. The van der Waals surface area contributed by atoms with Gasteiger partial charge >= 0.3 is 0 Å². The van der Waals surface area contributed by atoms with Crippen molar-refractivity contribution in [2.45, 2.75) is 32.4 Å². The van der Waals surface area contributed by atoms with Crippen molar-refractivity contribution in [1.29, 1.82) is 0 Å². The lowest BCUT2D eigenvalue weighted by atomic mass is 10.0. The van der Waals surface area contributed by atoms with Gasteiger partial charge in [0.2, 0.25) is 0 Å². The topological polar surface area (TPSA) is 53.1 Å². The largest absolute Gasteiger partial charge is 0.493 e. The second kappa shape index (κ2) is 5.58. The zero-order valence-corrected chi connectivity index (χ0v) is 13.1. The van der Waals surface area contributed by atoms with Crippen molar-refractivity contribution in [2.24, 2.45) is 5.73 Å². The zero-order valence-electron chi connectivity index (χ0n) is 11.5. The van der Waals surface area contributed by atoms with Crippen LogP contribution in [0.4, 0.5) is 0 Å². The number of ether oxygens (including phenoxy) is 1. The minimum Gasteiger partial charge on any atom is -0.493 e. The number of rotatable bonds is 4. The van der Waals surface area contributed by atoms with E-state index in [0.29, 0.717) is 0 Å². The smallest absolute Gasteiger partial charge is 0.122 e. The number of nitrogens with two attached hydrogens (primary N) is 1. The second-order valence-corrected chi connectivity index (χ2v) is 5.90. The maximum absolute atomic E-state index is 6.46. The highest BCUT2D eigenvalue weighted by Crippen LogP contribution is 2.32. The van der Waals surface area contributed by atoms with Crippen LogP contribution in [0.5, 0.6) is 5.75 Å². The Morgan fingerprint density at radius 3 is 3.15 bits per heavy atom. The Morgan fingerprint density at radius 2 is 2.35 bits per heavy atom. The molecule has 1 unspecified atom stereocenters. The number of benzene rings is 1. The van der Waals surface area contributed by atoms with Crippen molar-refractivity contribution in [3.05, 3.63) is 45.7 Å². The van der Waals surface area contributed by atoms with Gasteiger partial charge in [-0.3, -0.25) is 4.68 Å². The molecule has 3 rings (SSSR count). The van der Waals surface area contributed by atoms with E-state index in [1.165, 1.54) is 5.56 Å². The monoisotopic (exact) mass is 335 g/mol. The van der Waals surface area contributed by atoms with Gasteiger partial charge < -0.3 is 10.5 Å². The third-order valence-electron chi connectivity index (χ3n) is 3.64. The fraction of sp³-hybridized carbons (Fsp3) is 0.400. The average Bonchev–Trinajstić information content (AvgIpc) is 3.04. The highest BCUT2D eigenvalue weighted by molar-refractivity contribution is 9.10. The molecule has 1 aliphatic heterocycles. The van der Waals surface area contributed by atoms with Crippen molar-refractivity contribution in [3.8, 4) is 5.75 Å². The molecule has 2 heterocycles. The summed E-state index contributed by atoms with van der Waals surface area (Å²) in [5, 5.41) is 4.39. The Kier molecular flexibility index (Phi) is 3.81. The Labute approximate surface area is 127 Å². The van der Waals surface area contributed by atoms with Gasteiger partial charge in [-0.05, 0) is 39.5 Å². The summed E-state index contributed by atoms with van der Waals surface area (Å²) in [5.41, 5.74) is 9.84. The fourth-order valence-corrected chi connectivity index (χ4v) is 3.17. The molecule has 0 radical (unpaired) electrons. The predicted molar refractivity (Wildman–Crippen MR) is 81.9 cm³/mol. The molecule has 1 aliphatic rings.